The maximum absolute atomic E-state index is 12.3. The minimum absolute atomic E-state index is 0.245. The van der Waals surface area contributed by atoms with E-state index in [4.69, 9.17) is 4.74 Å². The average Bonchev–Trinajstić information content (AvgIpc) is 2.82. The summed E-state index contributed by atoms with van der Waals surface area (Å²) in [6.07, 6.45) is 4.58. The van der Waals surface area contributed by atoms with E-state index in [-0.39, 0.29) is 17.8 Å². The normalized spacial score (nSPS) is 16.6. The molecule has 0 unspecified atom stereocenters. The third-order valence-electron chi connectivity index (χ3n) is 4.50. The molecule has 0 N–H and O–H groups in total. The molecule has 128 valence electrons. The van der Waals surface area contributed by atoms with Gasteiger partial charge in [-0.3, -0.25) is 9.78 Å². The largest absolute Gasteiger partial charge is 0.454 e. The fourth-order valence-electron chi connectivity index (χ4n) is 3.16. The number of ether oxygens (including phenoxy) is 1. The molecule has 0 spiro atoms. The molecule has 0 aliphatic carbocycles. The number of hydrogen-bond acceptors (Lipinski definition) is 5. The first-order valence-electron chi connectivity index (χ1n) is 8.06. The van der Waals surface area contributed by atoms with Crippen LogP contribution in [0.5, 0.6) is 0 Å². The number of rotatable bonds is 4. The van der Waals surface area contributed by atoms with Crippen LogP contribution in [0, 0.1) is 0 Å². The van der Waals surface area contributed by atoms with Gasteiger partial charge in [0.2, 0.25) is 0 Å². The zero-order chi connectivity index (χ0) is 18.0. The molecule has 5 heteroatoms. The van der Waals surface area contributed by atoms with Gasteiger partial charge in [-0.15, -0.1) is 0 Å². The lowest BCUT2D eigenvalue weighted by molar-refractivity contribution is -0.117. The number of aromatic nitrogens is 1. The Morgan fingerprint density at radius 2 is 1.84 bits per heavy atom. The van der Waals surface area contributed by atoms with Gasteiger partial charge in [0, 0.05) is 42.3 Å². The van der Waals surface area contributed by atoms with Crippen molar-refractivity contribution in [3.05, 3.63) is 71.7 Å². The van der Waals surface area contributed by atoms with Crippen molar-refractivity contribution in [1.82, 2.24) is 4.98 Å². The monoisotopic (exact) mass is 336 g/mol. The topological polar surface area (TPSA) is 59.5 Å². The second-order valence-electron chi connectivity index (χ2n) is 6.51. The summed E-state index contributed by atoms with van der Waals surface area (Å²) in [7, 11) is 1.94. The van der Waals surface area contributed by atoms with E-state index in [2.05, 4.69) is 24.9 Å². The van der Waals surface area contributed by atoms with E-state index in [1.807, 2.05) is 30.1 Å². The SMILES string of the molecule is CN1C(=CC(=O)COC(=O)c2ccncc2)C(C)(C)c2ccccc21. The Hall–Kier alpha value is -2.95. The van der Waals surface area contributed by atoms with E-state index in [9.17, 15) is 9.59 Å². The summed E-state index contributed by atoms with van der Waals surface area (Å²) in [6, 6.07) is 11.2. The Balaban J connectivity index is 1.73. The zero-order valence-electron chi connectivity index (χ0n) is 14.5. The van der Waals surface area contributed by atoms with Crippen molar-refractivity contribution in [1.29, 1.82) is 0 Å². The molecule has 0 bridgehead atoms. The number of hydrogen-bond donors (Lipinski definition) is 0. The van der Waals surface area contributed by atoms with Crippen LogP contribution in [0.4, 0.5) is 5.69 Å². The van der Waals surface area contributed by atoms with Crippen LogP contribution < -0.4 is 4.90 Å². The number of anilines is 1. The van der Waals surface area contributed by atoms with Gasteiger partial charge in [0.15, 0.2) is 12.4 Å². The zero-order valence-corrected chi connectivity index (χ0v) is 14.5. The Morgan fingerprint density at radius 3 is 2.52 bits per heavy atom. The molecule has 0 amide bonds. The molecule has 25 heavy (non-hydrogen) atoms. The van der Waals surface area contributed by atoms with Crippen LogP contribution in [0.1, 0.15) is 29.8 Å². The van der Waals surface area contributed by atoms with Gasteiger partial charge in [-0.25, -0.2) is 4.79 Å². The van der Waals surface area contributed by atoms with E-state index in [0.29, 0.717) is 5.56 Å². The molecule has 1 aromatic carbocycles. The number of nitrogens with zero attached hydrogens (tertiary/aromatic N) is 2. The molecule has 1 aliphatic rings. The second kappa shape index (κ2) is 6.51. The number of ketones is 1. The molecule has 0 atom stereocenters. The van der Waals surface area contributed by atoms with Crippen molar-refractivity contribution in [3.8, 4) is 0 Å². The van der Waals surface area contributed by atoms with Gasteiger partial charge in [-0.05, 0) is 23.8 Å². The first-order chi connectivity index (χ1) is 11.9. The van der Waals surface area contributed by atoms with Crippen LogP contribution in [0.2, 0.25) is 0 Å². The molecule has 0 saturated heterocycles. The van der Waals surface area contributed by atoms with E-state index in [1.165, 1.54) is 18.0 Å². The third kappa shape index (κ3) is 3.18. The molecule has 1 aromatic heterocycles. The number of likely N-dealkylation sites (N-methyl/N-ethyl adjacent to an activating group) is 1. The van der Waals surface area contributed by atoms with Crippen LogP contribution in [0.3, 0.4) is 0 Å². The summed E-state index contributed by atoms with van der Waals surface area (Å²) >= 11 is 0. The predicted octanol–water partition coefficient (Wildman–Crippen LogP) is 3.12. The van der Waals surface area contributed by atoms with Gasteiger partial charge < -0.3 is 9.64 Å². The molecule has 1 aliphatic heterocycles. The van der Waals surface area contributed by atoms with Crippen molar-refractivity contribution in [2.45, 2.75) is 19.3 Å². The molecule has 0 saturated carbocycles. The van der Waals surface area contributed by atoms with Crippen LogP contribution in [-0.2, 0) is 14.9 Å². The number of esters is 1. The summed E-state index contributed by atoms with van der Waals surface area (Å²) in [6.45, 7) is 3.87. The predicted molar refractivity (Wildman–Crippen MR) is 95.5 cm³/mol. The Morgan fingerprint density at radius 1 is 1.16 bits per heavy atom. The standard InChI is InChI=1S/C20H20N2O3/c1-20(2)16-6-4-5-7-17(16)22(3)18(20)12-15(23)13-25-19(24)14-8-10-21-11-9-14/h4-12H,13H2,1-3H3. The van der Waals surface area contributed by atoms with E-state index in [0.717, 1.165) is 11.4 Å². The number of allylic oxidation sites excluding steroid dienone is 1. The lowest BCUT2D eigenvalue weighted by Gasteiger charge is -2.23. The summed E-state index contributed by atoms with van der Waals surface area (Å²) in [4.78, 5) is 30.1. The average molecular weight is 336 g/mol. The molecule has 0 radical (unpaired) electrons. The van der Waals surface area contributed by atoms with Gasteiger partial charge in [-0.2, -0.15) is 0 Å². The number of pyridine rings is 1. The van der Waals surface area contributed by atoms with Crippen LogP contribution in [0.25, 0.3) is 0 Å². The van der Waals surface area contributed by atoms with Crippen molar-refractivity contribution < 1.29 is 14.3 Å². The molecular weight excluding hydrogens is 316 g/mol. The molecule has 2 heterocycles. The summed E-state index contributed by atoms with van der Waals surface area (Å²) in [5, 5.41) is 0. The fourth-order valence-corrected chi connectivity index (χ4v) is 3.16. The first-order valence-corrected chi connectivity index (χ1v) is 8.06. The van der Waals surface area contributed by atoms with E-state index < -0.39 is 5.97 Å². The van der Waals surface area contributed by atoms with Gasteiger partial charge in [0.25, 0.3) is 0 Å². The highest BCUT2D eigenvalue weighted by atomic mass is 16.5. The Kier molecular flexibility index (Phi) is 4.40. The number of carbonyl (C=O) groups excluding carboxylic acids is 2. The smallest absolute Gasteiger partial charge is 0.338 e. The number of para-hydroxylation sites is 1. The van der Waals surface area contributed by atoms with Gasteiger partial charge in [0.1, 0.15) is 0 Å². The maximum Gasteiger partial charge on any atom is 0.338 e. The fraction of sp³-hybridized carbons (Fsp3) is 0.250. The number of fused-ring (bicyclic) bond motifs is 1. The van der Waals surface area contributed by atoms with Gasteiger partial charge in [0.05, 0.1) is 5.56 Å². The molecule has 2 aromatic rings. The van der Waals surface area contributed by atoms with Crippen LogP contribution >= 0.6 is 0 Å². The van der Waals surface area contributed by atoms with E-state index in [1.54, 1.807) is 18.2 Å². The van der Waals surface area contributed by atoms with Gasteiger partial charge >= 0.3 is 5.97 Å². The first kappa shape index (κ1) is 16.9. The second-order valence-corrected chi connectivity index (χ2v) is 6.51. The summed E-state index contributed by atoms with van der Waals surface area (Å²) < 4.78 is 5.10. The molecular formula is C20H20N2O3. The van der Waals surface area contributed by atoms with Crippen molar-refractivity contribution >= 4 is 17.4 Å². The summed E-state index contributed by atoms with van der Waals surface area (Å²) in [5.41, 5.74) is 3.24. The van der Waals surface area contributed by atoms with Crippen LogP contribution in [0.15, 0.2) is 60.6 Å². The van der Waals surface area contributed by atoms with Crippen molar-refractivity contribution in [2.75, 3.05) is 18.6 Å². The Bertz CT molecular complexity index is 841. The van der Waals surface area contributed by atoms with Crippen molar-refractivity contribution in [2.24, 2.45) is 0 Å². The lowest BCUT2D eigenvalue weighted by Crippen LogP contribution is -2.25. The number of benzene rings is 1. The number of carbonyl (C=O) groups is 2. The van der Waals surface area contributed by atoms with Crippen molar-refractivity contribution in [3.63, 3.8) is 0 Å². The van der Waals surface area contributed by atoms with Gasteiger partial charge in [-0.1, -0.05) is 32.0 Å². The molecule has 3 rings (SSSR count). The highest BCUT2D eigenvalue weighted by Crippen LogP contribution is 2.46. The highest BCUT2D eigenvalue weighted by molar-refractivity contribution is 5.96. The molecule has 0 fully saturated rings. The molecule has 5 nitrogen and oxygen atoms in total. The lowest BCUT2D eigenvalue weighted by atomic mass is 9.83. The maximum atomic E-state index is 12.3. The van der Waals surface area contributed by atoms with E-state index >= 15 is 0 Å². The Labute approximate surface area is 146 Å². The quantitative estimate of drug-likeness (QED) is 0.634. The highest BCUT2D eigenvalue weighted by Gasteiger charge is 2.38. The minimum Gasteiger partial charge on any atom is -0.454 e. The third-order valence-corrected chi connectivity index (χ3v) is 4.50. The summed E-state index contributed by atoms with van der Waals surface area (Å²) in [5.74, 6) is -0.776. The van der Waals surface area contributed by atoms with Crippen LogP contribution in [-0.4, -0.2) is 30.4 Å². The minimum atomic E-state index is -0.531.